The fourth-order valence-corrected chi connectivity index (χ4v) is 3.67. The minimum absolute atomic E-state index is 0.695. The predicted molar refractivity (Wildman–Crippen MR) is 117 cm³/mol. The average molecular weight is 390 g/mol. The molecule has 0 amide bonds. The third kappa shape index (κ3) is 4.30. The minimum atomic E-state index is 0.695. The zero-order chi connectivity index (χ0) is 20.1. The number of aromatic nitrogens is 4. The number of hydrogen-bond acceptors (Lipinski definition) is 6. The summed E-state index contributed by atoms with van der Waals surface area (Å²) in [6.07, 6.45) is 7.52. The molecule has 4 aromatic rings. The van der Waals surface area contributed by atoms with Crippen LogP contribution < -0.4 is 10.2 Å². The van der Waals surface area contributed by atoms with E-state index in [1.54, 1.807) is 6.20 Å². The van der Waals surface area contributed by atoms with Gasteiger partial charge in [0.25, 0.3) is 0 Å². The van der Waals surface area contributed by atoms with Crippen LogP contribution in [0.5, 0.6) is 0 Å². The number of nitrogens with zero attached hydrogens (tertiary/aromatic N) is 4. The quantitative estimate of drug-likeness (QED) is 0.492. The Morgan fingerprint density at radius 1 is 1.03 bits per heavy atom. The van der Waals surface area contributed by atoms with Crippen LogP contribution in [0.15, 0.2) is 48.8 Å². The number of hydrogen-bond donors (Lipinski definition) is 3. The maximum Gasteiger partial charge on any atom is 0.182 e. The van der Waals surface area contributed by atoms with Crippen LogP contribution in [0.2, 0.25) is 0 Å². The second-order valence-electron chi connectivity index (χ2n) is 7.07. The standard InChI is InChI=1S/C21H22N6.CH4O/c1-2-10-27(11-3-1)20-7-6-17-21(26-20)25-19(14-23-17)24-13-15-4-5-16-8-9-22-18(16)12-15;1-2/h4-9,12,14,22H,1-3,10-11,13H2,(H,24,25,26);2H,1H3. The summed E-state index contributed by atoms with van der Waals surface area (Å²) in [5.74, 6) is 1.75. The molecule has 3 aromatic heterocycles. The third-order valence-electron chi connectivity index (χ3n) is 5.17. The molecule has 5 rings (SSSR count). The molecule has 0 bridgehead atoms. The van der Waals surface area contributed by atoms with Crippen molar-refractivity contribution in [2.75, 3.05) is 30.4 Å². The lowest BCUT2D eigenvalue weighted by atomic mass is 10.1. The molecule has 0 unspecified atom stereocenters. The van der Waals surface area contributed by atoms with Gasteiger partial charge in [-0.25, -0.2) is 15.0 Å². The molecule has 1 aromatic carbocycles. The summed E-state index contributed by atoms with van der Waals surface area (Å²) >= 11 is 0. The van der Waals surface area contributed by atoms with Gasteiger partial charge in [-0.2, -0.15) is 0 Å². The number of aliphatic hydroxyl groups is 1. The van der Waals surface area contributed by atoms with Crippen molar-refractivity contribution in [3.63, 3.8) is 0 Å². The number of piperidine rings is 1. The summed E-state index contributed by atoms with van der Waals surface area (Å²) in [4.78, 5) is 19.5. The van der Waals surface area contributed by atoms with Crippen molar-refractivity contribution in [3.8, 4) is 0 Å². The van der Waals surface area contributed by atoms with Gasteiger partial charge >= 0.3 is 0 Å². The van der Waals surface area contributed by atoms with Crippen molar-refractivity contribution in [3.05, 3.63) is 54.4 Å². The summed E-state index contributed by atoms with van der Waals surface area (Å²) in [5.41, 5.74) is 3.87. The molecule has 1 fully saturated rings. The summed E-state index contributed by atoms with van der Waals surface area (Å²) in [7, 11) is 1.00. The molecule has 7 nitrogen and oxygen atoms in total. The highest BCUT2D eigenvalue weighted by Gasteiger charge is 2.13. The lowest BCUT2D eigenvalue weighted by molar-refractivity contribution is 0.399. The molecule has 0 aliphatic carbocycles. The Labute approximate surface area is 169 Å². The molecule has 0 saturated carbocycles. The lowest BCUT2D eigenvalue weighted by Gasteiger charge is -2.27. The number of H-pyrrole nitrogens is 1. The summed E-state index contributed by atoms with van der Waals surface area (Å²) in [6.45, 7) is 2.84. The molecule has 29 heavy (non-hydrogen) atoms. The van der Waals surface area contributed by atoms with Crippen molar-refractivity contribution < 1.29 is 5.11 Å². The number of aliphatic hydroxyl groups excluding tert-OH is 1. The second-order valence-corrected chi connectivity index (χ2v) is 7.07. The summed E-state index contributed by atoms with van der Waals surface area (Å²) < 4.78 is 0. The number of benzene rings is 1. The normalized spacial score (nSPS) is 13.9. The molecular weight excluding hydrogens is 364 g/mol. The number of pyridine rings is 1. The van der Waals surface area contributed by atoms with Crippen molar-refractivity contribution in [1.82, 2.24) is 19.9 Å². The van der Waals surface area contributed by atoms with Gasteiger partial charge in [-0.1, -0.05) is 12.1 Å². The van der Waals surface area contributed by atoms with Crippen LogP contribution in [0, 0.1) is 0 Å². The number of anilines is 2. The van der Waals surface area contributed by atoms with Gasteiger partial charge in [0.2, 0.25) is 0 Å². The third-order valence-corrected chi connectivity index (χ3v) is 5.17. The largest absolute Gasteiger partial charge is 0.400 e. The van der Waals surface area contributed by atoms with Gasteiger partial charge in [-0.3, -0.25) is 0 Å². The molecule has 0 spiro atoms. The number of rotatable bonds is 4. The van der Waals surface area contributed by atoms with E-state index in [1.165, 1.54) is 30.2 Å². The van der Waals surface area contributed by atoms with Crippen molar-refractivity contribution in [1.29, 1.82) is 0 Å². The Balaban J connectivity index is 0.000000994. The zero-order valence-corrected chi connectivity index (χ0v) is 16.6. The highest BCUT2D eigenvalue weighted by atomic mass is 16.2. The van der Waals surface area contributed by atoms with Gasteiger partial charge in [-0.05, 0) is 54.5 Å². The van der Waals surface area contributed by atoms with E-state index < -0.39 is 0 Å². The van der Waals surface area contributed by atoms with Crippen molar-refractivity contribution >= 4 is 33.7 Å². The van der Waals surface area contributed by atoms with Crippen molar-refractivity contribution in [2.24, 2.45) is 0 Å². The monoisotopic (exact) mass is 390 g/mol. The molecular formula is C22H26N6O. The smallest absolute Gasteiger partial charge is 0.182 e. The molecule has 1 saturated heterocycles. The van der Waals surface area contributed by atoms with Gasteiger partial charge in [-0.15, -0.1) is 0 Å². The van der Waals surface area contributed by atoms with E-state index in [0.717, 1.165) is 42.9 Å². The Bertz CT molecular complexity index is 1090. The molecule has 0 radical (unpaired) electrons. The highest BCUT2D eigenvalue weighted by molar-refractivity contribution is 5.80. The van der Waals surface area contributed by atoms with Crippen LogP contribution in [-0.2, 0) is 6.54 Å². The van der Waals surface area contributed by atoms with Gasteiger partial charge in [0.15, 0.2) is 5.65 Å². The van der Waals surface area contributed by atoms with Gasteiger partial charge < -0.3 is 20.3 Å². The van der Waals surface area contributed by atoms with Crippen LogP contribution in [-0.4, -0.2) is 45.2 Å². The Morgan fingerprint density at radius 3 is 2.76 bits per heavy atom. The van der Waals surface area contributed by atoms with E-state index in [9.17, 15) is 0 Å². The Kier molecular flexibility index (Phi) is 5.86. The summed E-state index contributed by atoms with van der Waals surface area (Å²) in [6, 6.07) is 12.6. The van der Waals surface area contributed by atoms with Gasteiger partial charge in [0.1, 0.15) is 17.2 Å². The second kappa shape index (κ2) is 8.87. The molecule has 0 atom stereocenters. The molecule has 1 aliphatic heterocycles. The SMILES string of the molecule is CO.c1cc2ccc(CNc3cnc4ccc(N5CCCCC5)nc4n3)cc2[nH]1. The van der Waals surface area contributed by atoms with Crippen LogP contribution in [0.4, 0.5) is 11.6 Å². The van der Waals surface area contributed by atoms with E-state index in [-0.39, 0.29) is 0 Å². The molecule has 4 heterocycles. The van der Waals surface area contributed by atoms with E-state index >= 15 is 0 Å². The van der Waals surface area contributed by atoms with E-state index in [1.807, 2.05) is 12.3 Å². The number of fused-ring (bicyclic) bond motifs is 2. The first-order valence-electron chi connectivity index (χ1n) is 9.98. The average Bonchev–Trinajstić information content (AvgIpc) is 3.27. The maximum atomic E-state index is 7.00. The van der Waals surface area contributed by atoms with E-state index in [2.05, 4.69) is 55.5 Å². The number of aromatic amines is 1. The Morgan fingerprint density at radius 2 is 1.90 bits per heavy atom. The highest BCUT2D eigenvalue weighted by Crippen LogP contribution is 2.21. The van der Waals surface area contributed by atoms with Crippen LogP contribution in [0.3, 0.4) is 0 Å². The topological polar surface area (TPSA) is 90.0 Å². The van der Waals surface area contributed by atoms with Gasteiger partial charge in [0.05, 0.1) is 6.20 Å². The van der Waals surface area contributed by atoms with E-state index in [0.29, 0.717) is 12.2 Å². The van der Waals surface area contributed by atoms with Gasteiger partial charge in [0, 0.05) is 38.5 Å². The van der Waals surface area contributed by atoms with Crippen LogP contribution >= 0.6 is 0 Å². The van der Waals surface area contributed by atoms with Crippen molar-refractivity contribution in [2.45, 2.75) is 25.8 Å². The van der Waals surface area contributed by atoms with Crippen LogP contribution in [0.25, 0.3) is 22.1 Å². The summed E-state index contributed by atoms with van der Waals surface area (Å²) in [5, 5.41) is 11.6. The fraction of sp³-hybridized carbons (Fsp3) is 0.318. The Hall–Kier alpha value is -3.19. The van der Waals surface area contributed by atoms with Crippen LogP contribution in [0.1, 0.15) is 24.8 Å². The first-order chi connectivity index (χ1) is 14.3. The van der Waals surface area contributed by atoms with E-state index in [4.69, 9.17) is 10.1 Å². The maximum absolute atomic E-state index is 7.00. The molecule has 7 heteroatoms. The fourth-order valence-electron chi connectivity index (χ4n) is 3.67. The molecule has 150 valence electrons. The lowest BCUT2D eigenvalue weighted by Crippen LogP contribution is -2.30. The number of nitrogens with one attached hydrogen (secondary N) is 2. The zero-order valence-electron chi connectivity index (χ0n) is 16.6. The minimum Gasteiger partial charge on any atom is -0.400 e. The first-order valence-corrected chi connectivity index (χ1v) is 9.98. The first kappa shape index (κ1) is 19.1. The predicted octanol–water partition coefficient (Wildman–Crippen LogP) is 3.72. The molecule has 1 aliphatic rings. The molecule has 3 N–H and O–H groups in total.